The summed E-state index contributed by atoms with van der Waals surface area (Å²) in [6.45, 7) is 14.0. The maximum absolute atomic E-state index is 10.1. The standard InChI is InChI=1S/C19H35BN3O2/c1-15-9-7-10-16(2)23(15)12-8-11-22-14-17(13-21-22)20-25-19(5,6)18(3,4)24/h13-16,24H,7-12H2,1-6H3/t15-,16+. The number of piperidine rings is 1. The Hall–Kier alpha value is -0.845. The Balaban J connectivity index is 1.78. The molecule has 25 heavy (non-hydrogen) atoms. The number of nitrogens with zero attached hydrogens (tertiary/aromatic N) is 3. The van der Waals surface area contributed by atoms with E-state index >= 15 is 0 Å². The fourth-order valence-corrected chi connectivity index (χ4v) is 3.25. The molecule has 2 rings (SSSR count). The lowest BCUT2D eigenvalue weighted by atomic mass is 9.84. The van der Waals surface area contributed by atoms with E-state index in [0.717, 1.165) is 25.0 Å². The van der Waals surface area contributed by atoms with Gasteiger partial charge >= 0.3 is 7.48 Å². The van der Waals surface area contributed by atoms with Gasteiger partial charge in [-0.25, -0.2) is 0 Å². The largest absolute Gasteiger partial charge is 0.427 e. The number of likely N-dealkylation sites (tertiary alicyclic amines) is 1. The highest BCUT2D eigenvalue weighted by Gasteiger charge is 2.35. The maximum Gasteiger partial charge on any atom is 0.334 e. The predicted molar refractivity (Wildman–Crippen MR) is 103 cm³/mol. The zero-order valence-electron chi connectivity index (χ0n) is 16.8. The molecule has 2 heterocycles. The van der Waals surface area contributed by atoms with Crippen LogP contribution in [0.1, 0.15) is 67.2 Å². The highest BCUT2D eigenvalue weighted by atomic mass is 16.5. The van der Waals surface area contributed by atoms with E-state index in [4.69, 9.17) is 4.65 Å². The number of aliphatic hydroxyl groups is 1. The van der Waals surface area contributed by atoms with Crippen molar-refractivity contribution in [2.75, 3.05) is 6.54 Å². The van der Waals surface area contributed by atoms with E-state index in [9.17, 15) is 5.11 Å². The van der Waals surface area contributed by atoms with Crippen LogP contribution in [0.5, 0.6) is 0 Å². The summed E-state index contributed by atoms with van der Waals surface area (Å²) in [5.41, 5.74) is -0.645. The van der Waals surface area contributed by atoms with Crippen LogP contribution < -0.4 is 5.46 Å². The monoisotopic (exact) mass is 348 g/mol. The van der Waals surface area contributed by atoms with Gasteiger partial charge in [0.2, 0.25) is 0 Å². The van der Waals surface area contributed by atoms with Gasteiger partial charge in [0.15, 0.2) is 0 Å². The number of aryl methyl sites for hydroxylation is 1. The summed E-state index contributed by atoms with van der Waals surface area (Å²) in [6.07, 6.45) is 8.92. The highest BCUT2D eigenvalue weighted by Crippen LogP contribution is 2.24. The molecule has 5 nitrogen and oxygen atoms in total. The van der Waals surface area contributed by atoms with Gasteiger partial charge < -0.3 is 9.76 Å². The van der Waals surface area contributed by atoms with Crippen molar-refractivity contribution in [3.63, 3.8) is 0 Å². The third kappa shape index (κ3) is 5.56. The molecule has 0 saturated carbocycles. The Kier molecular flexibility index (Phi) is 6.74. The lowest BCUT2D eigenvalue weighted by molar-refractivity contribution is -0.0893. The molecule has 1 aromatic heterocycles. The minimum atomic E-state index is -0.915. The van der Waals surface area contributed by atoms with Crippen LogP contribution >= 0.6 is 0 Å². The minimum absolute atomic E-state index is 0.657. The summed E-state index contributed by atoms with van der Waals surface area (Å²) in [7, 11) is 1.69. The fourth-order valence-electron chi connectivity index (χ4n) is 3.25. The lowest BCUT2D eigenvalue weighted by Crippen LogP contribution is -2.49. The van der Waals surface area contributed by atoms with Crippen LogP contribution in [-0.4, -0.2) is 57.1 Å². The SMILES string of the molecule is C[C@@H]1CCC[C@H](C)N1CCCn1cc([B]OC(C)(C)C(C)(C)O)cn1. The Morgan fingerprint density at radius 1 is 1.20 bits per heavy atom. The van der Waals surface area contributed by atoms with Crippen molar-refractivity contribution in [3.05, 3.63) is 12.4 Å². The Bertz CT molecular complexity index is 529. The van der Waals surface area contributed by atoms with Gasteiger partial charge in [-0.3, -0.25) is 9.58 Å². The zero-order chi connectivity index (χ0) is 18.7. The molecule has 1 saturated heterocycles. The van der Waals surface area contributed by atoms with E-state index in [0.29, 0.717) is 12.1 Å². The third-order valence-electron chi connectivity index (χ3n) is 5.80. The quantitative estimate of drug-likeness (QED) is 0.733. The Morgan fingerprint density at radius 2 is 1.84 bits per heavy atom. The minimum Gasteiger partial charge on any atom is -0.427 e. The van der Waals surface area contributed by atoms with E-state index < -0.39 is 11.2 Å². The Labute approximate surface area is 154 Å². The van der Waals surface area contributed by atoms with Crippen molar-refractivity contribution >= 4 is 12.9 Å². The molecule has 1 aliphatic heterocycles. The molecule has 2 atom stereocenters. The number of aromatic nitrogens is 2. The van der Waals surface area contributed by atoms with E-state index in [1.54, 1.807) is 21.3 Å². The molecule has 1 aliphatic rings. The summed E-state index contributed by atoms with van der Waals surface area (Å²) in [4.78, 5) is 2.63. The number of hydrogen-bond donors (Lipinski definition) is 1. The molecular formula is C19H35BN3O2. The first kappa shape index (κ1) is 20.5. The maximum atomic E-state index is 10.1. The summed E-state index contributed by atoms with van der Waals surface area (Å²) >= 11 is 0. The summed E-state index contributed by atoms with van der Waals surface area (Å²) in [5, 5.41) is 14.6. The van der Waals surface area contributed by atoms with Gasteiger partial charge in [0.05, 0.1) is 11.2 Å². The van der Waals surface area contributed by atoms with Crippen molar-refractivity contribution in [1.82, 2.24) is 14.7 Å². The van der Waals surface area contributed by atoms with Gasteiger partial charge in [-0.05, 0) is 66.3 Å². The average molecular weight is 348 g/mol. The van der Waals surface area contributed by atoms with Crippen LogP contribution in [0.15, 0.2) is 12.4 Å². The Morgan fingerprint density at radius 3 is 2.44 bits per heavy atom. The van der Waals surface area contributed by atoms with Gasteiger partial charge in [-0.15, -0.1) is 0 Å². The molecule has 141 valence electrons. The molecule has 0 bridgehead atoms. The van der Waals surface area contributed by atoms with E-state index in [2.05, 4.69) is 23.8 Å². The molecule has 0 spiro atoms. The van der Waals surface area contributed by atoms with Crippen LogP contribution in [0.4, 0.5) is 0 Å². The molecule has 0 aliphatic carbocycles. The molecule has 1 radical (unpaired) electrons. The van der Waals surface area contributed by atoms with Crippen molar-refractivity contribution in [2.24, 2.45) is 0 Å². The zero-order valence-corrected chi connectivity index (χ0v) is 16.8. The first-order chi connectivity index (χ1) is 11.6. The van der Waals surface area contributed by atoms with Crippen LogP contribution in [0.25, 0.3) is 0 Å². The second-order valence-electron chi connectivity index (χ2n) is 8.56. The molecule has 1 aromatic rings. The van der Waals surface area contributed by atoms with Gasteiger partial charge in [0.25, 0.3) is 0 Å². The first-order valence-electron chi connectivity index (χ1n) is 9.62. The molecule has 0 aromatic carbocycles. The fraction of sp³-hybridized carbons (Fsp3) is 0.842. The smallest absolute Gasteiger partial charge is 0.334 e. The topological polar surface area (TPSA) is 50.5 Å². The summed E-state index contributed by atoms with van der Waals surface area (Å²) in [5.74, 6) is 0. The van der Waals surface area contributed by atoms with Crippen molar-refractivity contribution in [1.29, 1.82) is 0 Å². The van der Waals surface area contributed by atoms with Crippen molar-refractivity contribution in [2.45, 2.75) is 97.1 Å². The molecule has 6 heteroatoms. The van der Waals surface area contributed by atoms with E-state index in [-0.39, 0.29) is 0 Å². The third-order valence-corrected chi connectivity index (χ3v) is 5.80. The second-order valence-corrected chi connectivity index (χ2v) is 8.56. The van der Waals surface area contributed by atoms with Gasteiger partial charge in [-0.1, -0.05) is 6.42 Å². The molecule has 1 N–H and O–H groups in total. The van der Waals surface area contributed by atoms with Gasteiger partial charge in [-0.2, -0.15) is 5.10 Å². The second kappa shape index (κ2) is 8.23. The molecule has 0 unspecified atom stereocenters. The summed E-state index contributed by atoms with van der Waals surface area (Å²) < 4.78 is 7.76. The van der Waals surface area contributed by atoms with Crippen molar-refractivity contribution in [3.8, 4) is 0 Å². The van der Waals surface area contributed by atoms with Crippen molar-refractivity contribution < 1.29 is 9.76 Å². The first-order valence-corrected chi connectivity index (χ1v) is 9.62. The van der Waals surface area contributed by atoms with Crippen LogP contribution in [0, 0.1) is 0 Å². The van der Waals surface area contributed by atoms with Crippen LogP contribution in [0.3, 0.4) is 0 Å². The van der Waals surface area contributed by atoms with E-state index in [1.807, 2.05) is 30.9 Å². The molecule has 0 amide bonds. The average Bonchev–Trinajstić information content (AvgIpc) is 2.95. The molecule has 1 fully saturated rings. The predicted octanol–water partition coefficient (Wildman–Crippen LogP) is 2.35. The lowest BCUT2D eigenvalue weighted by Gasteiger charge is -2.39. The molecular weight excluding hydrogens is 313 g/mol. The number of hydrogen-bond acceptors (Lipinski definition) is 4. The van der Waals surface area contributed by atoms with Crippen LogP contribution in [0.2, 0.25) is 0 Å². The highest BCUT2D eigenvalue weighted by molar-refractivity contribution is 6.46. The van der Waals surface area contributed by atoms with E-state index in [1.165, 1.54) is 19.3 Å². The number of rotatable bonds is 8. The van der Waals surface area contributed by atoms with Gasteiger partial charge in [0.1, 0.15) is 0 Å². The van der Waals surface area contributed by atoms with Gasteiger partial charge in [0, 0.05) is 37.6 Å². The normalized spacial score (nSPS) is 23.0. The van der Waals surface area contributed by atoms with Crippen LogP contribution in [-0.2, 0) is 11.2 Å². The summed E-state index contributed by atoms with van der Waals surface area (Å²) in [6, 6.07) is 1.39.